The Morgan fingerprint density at radius 1 is 1.21 bits per heavy atom. The van der Waals surface area contributed by atoms with E-state index in [4.69, 9.17) is 16.3 Å². The van der Waals surface area contributed by atoms with Gasteiger partial charge in [-0.3, -0.25) is 14.4 Å². The number of amides is 2. The van der Waals surface area contributed by atoms with E-state index in [1.165, 1.54) is 13.1 Å². The van der Waals surface area contributed by atoms with Crippen LogP contribution in [0.1, 0.15) is 46.9 Å². The van der Waals surface area contributed by atoms with Gasteiger partial charge in [0.2, 0.25) is 5.91 Å². The molecule has 2 amide bonds. The van der Waals surface area contributed by atoms with Crippen LogP contribution in [0.5, 0.6) is 5.75 Å². The highest BCUT2D eigenvalue weighted by molar-refractivity contribution is 6.31. The lowest BCUT2D eigenvalue weighted by Gasteiger charge is -2.44. The van der Waals surface area contributed by atoms with Crippen LogP contribution in [0, 0.1) is 0 Å². The molecule has 4 rings (SSSR count). The number of benzene rings is 1. The average molecular weight is 414 g/mol. The van der Waals surface area contributed by atoms with Crippen molar-refractivity contribution in [3.63, 3.8) is 0 Å². The minimum Gasteiger partial charge on any atom is -0.486 e. The summed E-state index contributed by atoms with van der Waals surface area (Å²) in [5.74, 6) is 0.529. The maximum Gasteiger partial charge on any atom is 0.254 e. The number of hydrogen-bond acceptors (Lipinski definition) is 5. The molecule has 7 nitrogen and oxygen atoms in total. The number of piperidine rings is 1. The number of nitrogens with one attached hydrogen (secondary N) is 1. The van der Waals surface area contributed by atoms with Gasteiger partial charge < -0.3 is 15.0 Å². The van der Waals surface area contributed by atoms with Crippen molar-refractivity contribution in [1.29, 1.82) is 0 Å². The molecule has 0 bridgehead atoms. The minimum absolute atomic E-state index is 0.0163. The Morgan fingerprint density at radius 3 is 2.69 bits per heavy atom. The maximum absolute atomic E-state index is 12.9. The Kier molecular flexibility index (Phi) is 5.00. The van der Waals surface area contributed by atoms with Gasteiger partial charge in [0.15, 0.2) is 5.78 Å². The van der Waals surface area contributed by atoms with Crippen LogP contribution in [-0.2, 0) is 4.79 Å². The molecule has 0 atom stereocenters. The summed E-state index contributed by atoms with van der Waals surface area (Å²) >= 11 is 5.99. The highest BCUT2D eigenvalue weighted by Crippen LogP contribution is 2.40. The monoisotopic (exact) mass is 413 g/mol. The molecule has 2 aromatic rings. The normalized spacial score (nSPS) is 17.4. The first kappa shape index (κ1) is 19.4. The molecular weight excluding hydrogens is 394 g/mol. The summed E-state index contributed by atoms with van der Waals surface area (Å²) in [6, 6.07) is 8.27. The van der Waals surface area contributed by atoms with Crippen LogP contribution >= 0.6 is 11.6 Å². The van der Waals surface area contributed by atoms with Gasteiger partial charge >= 0.3 is 0 Å². The number of halogens is 1. The van der Waals surface area contributed by atoms with Crippen LogP contribution in [0.2, 0.25) is 5.02 Å². The van der Waals surface area contributed by atoms with Crippen LogP contribution in [0.25, 0.3) is 0 Å². The van der Waals surface area contributed by atoms with Gasteiger partial charge in [0.25, 0.3) is 5.91 Å². The van der Waals surface area contributed by atoms with Crippen molar-refractivity contribution in [3.8, 4) is 5.75 Å². The smallest absolute Gasteiger partial charge is 0.254 e. The molecular formula is C21H20ClN3O4. The van der Waals surface area contributed by atoms with E-state index < -0.39 is 5.60 Å². The first-order valence-electron chi connectivity index (χ1n) is 9.40. The van der Waals surface area contributed by atoms with Crippen molar-refractivity contribution in [2.75, 3.05) is 18.4 Å². The first-order valence-corrected chi connectivity index (χ1v) is 9.78. The van der Waals surface area contributed by atoms with Crippen LogP contribution < -0.4 is 10.1 Å². The lowest BCUT2D eigenvalue weighted by molar-refractivity contribution is -0.114. The summed E-state index contributed by atoms with van der Waals surface area (Å²) in [6.45, 7) is 2.34. The molecule has 1 aromatic heterocycles. The third kappa shape index (κ3) is 3.96. The Morgan fingerprint density at radius 2 is 1.97 bits per heavy atom. The Hall–Kier alpha value is -2.93. The number of anilines is 1. The topological polar surface area (TPSA) is 88.6 Å². The predicted octanol–water partition coefficient (Wildman–Crippen LogP) is 3.33. The third-order valence-electron chi connectivity index (χ3n) is 5.32. The summed E-state index contributed by atoms with van der Waals surface area (Å²) < 4.78 is 6.21. The number of ether oxygens (including phenoxy) is 1. The van der Waals surface area contributed by atoms with Gasteiger partial charge in [-0.15, -0.1) is 0 Å². The second-order valence-electron chi connectivity index (χ2n) is 7.43. The number of likely N-dealkylation sites (tertiary alicyclic amines) is 1. The molecule has 1 N–H and O–H groups in total. The zero-order valence-electron chi connectivity index (χ0n) is 15.9. The lowest BCUT2D eigenvalue weighted by atomic mass is 9.82. The fourth-order valence-corrected chi connectivity index (χ4v) is 4.03. The molecule has 3 heterocycles. The number of carbonyl (C=O) groups excluding carboxylic acids is 3. The molecule has 0 unspecified atom stereocenters. The quantitative estimate of drug-likeness (QED) is 0.815. The molecule has 2 aliphatic heterocycles. The van der Waals surface area contributed by atoms with E-state index >= 15 is 0 Å². The predicted molar refractivity (Wildman–Crippen MR) is 107 cm³/mol. The highest BCUT2D eigenvalue weighted by Gasteiger charge is 2.43. The molecule has 0 aliphatic carbocycles. The molecule has 1 saturated heterocycles. The maximum atomic E-state index is 12.9. The van der Waals surface area contributed by atoms with E-state index in [1.54, 1.807) is 35.2 Å². The summed E-state index contributed by atoms with van der Waals surface area (Å²) in [7, 11) is 0. The number of nitrogens with zero attached hydrogens (tertiary/aromatic N) is 2. The molecule has 1 aromatic carbocycles. The Balaban J connectivity index is 1.46. The zero-order valence-corrected chi connectivity index (χ0v) is 16.7. The van der Waals surface area contributed by atoms with Crippen molar-refractivity contribution < 1.29 is 19.1 Å². The van der Waals surface area contributed by atoms with Crippen molar-refractivity contribution >= 4 is 35.0 Å². The van der Waals surface area contributed by atoms with E-state index in [2.05, 4.69) is 10.3 Å². The SMILES string of the molecule is CC(=O)Nc1cc(C(=O)N2CCC3(CC2)CC(=O)c2cc(Cl)ccc2O3)ccn1. The number of Topliss-reactive ketones (excluding diaryl/α,β-unsaturated/α-hetero) is 1. The number of fused-ring (bicyclic) bond motifs is 1. The van der Waals surface area contributed by atoms with Gasteiger partial charge in [-0.25, -0.2) is 4.98 Å². The Labute approximate surface area is 173 Å². The lowest BCUT2D eigenvalue weighted by Crippen LogP contribution is -2.52. The van der Waals surface area contributed by atoms with E-state index in [1.807, 2.05) is 0 Å². The fraction of sp³-hybridized carbons (Fsp3) is 0.333. The largest absolute Gasteiger partial charge is 0.486 e. The molecule has 29 heavy (non-hydrogen) atoms. The van der Waals surface area contributed by atoms with E-state index in [9.17, 15) is 14.4 Å². The molecule has 150 valence electrons. The third-order valence-corrected chi connectivity index (χ3v) is 5.56. The van der Waals surface area contributed by atoms with E-state index in [0.29, 0.717) is 53.6 Å². The molecule has 8 heteroatoms. The van der Waals surface area contributed by atoms with Crippen LogP contribution in [0.4, 0.5) is 5.82 Å². The summed E-state index contributed by atoms with van der Waals surface area (Å²) in [5, 5.41) is 3.09. The van der Waals surface area contributed by atoms with Crippen molar-refractivity contribution in [2.45, 2.75) is 31.8 Å². The van der Waals surface area contributed by atoms with Crippen LogP contribution in [-0.4, -0.2) is 46.2 Å². The number of pyridine rings is 1. The summed E-state index contributed by atoms with van der Waals surface area (Å²) in [6.07, 6.45) is 2.91. The fourth-order valence-electron chi connectivity index (χ4n) is 3.86. The standard InChI is InChI=1S/C21H20ClN3O4/c1-13(26)24-19-10-14(4-7-23-19)20(28)25-8-5-21(6-9-25)12-17(27)16-11-15(22)2-3-18(16)29-21/h2-4,7,10-11H,5-6,8-9,12H2,1H3,(H,23,24,26). The van der Waals surface area contributed by atoms with Crippen LogP contribution in [0.3, 0.4) is 0 Å². The van der Waals surface area contributed by atoms with Crippen molar-refractivity contribution in [2.24, 2.45) is 0 Å². The number of rotatable bonds is 2. The van der Waals surface area contributed by atoms with Gasteiger partial charge in [-0.2, -0.15) is 0 Å². The van der Waals surface area contributed by atoms with Gasteiger partial charge in [0.1, 0.15) is 17.2 Å². The van der Waals surface area contributed by atoms with Crippen molar-refractivity contribution in [1.82, 2.24) is 9.88 Å². The van der Waals surface area contributed by atoms with Crippen LogP contribution in [0.15, 0.2) is 36.5 Å². The van der Waals surface area contributed by atoms with Gasteiger partial charge in [-0.1, -0.05) is 11.6 Å². The number of ketones is 1. The second-order valence-corrected chi connectivity index (χ2v) is 7.87. The molecule has 2 aliphatic rings. The van der Waals surface area contributed by atoms with E-state index in [-0.39, 0.29) is 24.0 Å². The first-order chi connectivity index (χ1) is 13.8. The highest BCUT2D eigenvalue weighted by atomic mass is 35.5. The number of carbonyl (C=O) groups is 3. The summed E-state index contributed by atoms with van der Waals surface area (Å²) in [5.41, 5.74) is 0.387. The average Bonchev–Trinajstić information content (AvgIpc) is 2.68. The minimum atomic E-state index is -0.589. The number of aromatic nitrogens is 1. The van der Waals surface area contributed by atoms with Gasteiger partial charge in [0.05, 0.1) is 12.0 Å². The van der Waals surface area contributed by atoms with Crippen molar-refractivity contribution in [3.05, 3.63) is 52.7 Å². The van der Waals surface area contributed by atoms with Gasteiger partial charge in [-0.05, 0) is 30.3 Å². The number of hydrogen-bond donors (Lipinski definition) is 1. The molecule has 0 radical (unpaired) electrons. The zero-order chi connectivity index (χ0) is 20.6. The Bertz CT molecular complexity index is 999. The molecule has 1 spiro atoms. The second kappa shape index (κ2) is 7.48. The molecule has 0 saturated carbocycles. The van der Waals surface area contributed by atoms with E-state index in [0.717, 1.165) is 0 Å². The van der Waals surface area contributed by atoms with Gasteiger partial charge in [0, 0.05) is 49.6 Å². The molecule has 1 fully saturated rings. The summed E-state index contributed by atoms with van der Waals surface area (Å²) in [4.78, 5) is 42.5.